The third kappa shape index (κ3) is 5.49. The minimum Gasteiger partial charge on any atom is -0.489 e. The molecule has 6 N–H and O–H groups in total. The number of ether oxygens (including phenoxy) is 1. The van der Waals surface area contributed by atoms with E-state index in [4.69, 9.17) is 10.5 Å². The molecular weight excluding hydrogens is 384 g/mol. The van der Waals surface area contributed by atoms with Gasteiger partial charge in [-0.1, -0.05) is 25.1 Å². The van der Waals surface area contributed by atoms with E-state index in [-0.39, 0.29) is 18.3 Å². The molecular formula is C22H28N4O4. The van der Waals surface area contributed by atoms with Crippen LogP contribution in [0.1, 0.15) is 29.8 Å². The number of H-pyrrole nitrogens is 2. The molecule has 8 nitrogen and oxygen atoms in total. The van der Waals surface area contributed by atoms with Gasteiger partial charge in [0.1, 0.15) is 24.0 Å². The molecule has 0 radical (unpaired) electrons. The fraction of sp³-hybridized carbons (Fsp3) is 0.364. The highest BCUT2D eigenvalue weighted by molar-refractivity contribution is 5.92. The molecule has 0 saturated heterocycles. The highest BCUT2D eigenvalue weighted by Crippen LogP contribution is 2.21. The smallest absolute Gasteiger partial charge is 0.323 e. The first-order chi connectivity index (χ1) is 14.3. The maximum absolute atomic E-state index is 11.5. The van der Waals surface area contributed by atoms with Crippen molar-refractivity contribution in [3.8, 4) is 5.75 Å². The number of fused-ring (bicyclic) bond motifs is 1. The lowest BCUT2D eigenvalue weighted by molar-refractivity contribution is 0.1000. The minimum absolute atomic E-state index is 0.106. The van der Waals surface area contributed by atoms with E-state index < -0.39 is 12.0 Å². The van der Waals surface area contributed by atoms with Gasteiger partial charge in [0.05, 0.1) is 5.52 Å². The van der Waals surface area contributed by atoms with Gasteiger partial charge in [-0.15, -0.1) is 0 Å². The molecule has 3 aromatic rings. The van der Waals surface area contributed by atoms with Crippen molar-refractivity contribution in [2.75, 3.05) is 13.2 Å². The van der Waals surface area contributed by atoms with Gasteiger partial charge >= 0.3 is 5.69 Å². The number of imidazole rings is 1. The summed E-state index contributed by atoms with van der Waals surface area (Å²) in [5, 5.41) is 13.6. The monoisotopic (exact) mass is 412 g/mol. The van der Waals surface area contributed by atoms with Crippen LogP contribution in [-0.4, -0.2) is 46.3 Å². The van der Waals surface area contributed by atoms with Gasteiger partial charge in [0, 0.05) is 18.2 Å². The van der Waals surface area contributed by atoms with E-state index in [0.29, 0.717) is 34.8 Å². The second kappa shape index (κ2) is 9.60. The number of aromatic nitrogens is 2. The molecule has 3 unspecified atom stereocenters. The van der Waals surface area contributed by atoms with E-state index in [1.54, 1.807) is 30.3 Å². The molecule has 3 rings (SSSR count). The number of rotatable bonds is 10. The maximum atomic E-state index is 11.5. The first-order valence-electron chi connectivity index (χ1n) is 9.97. The van der Waals surface area contributed by atoms with E-state index in [2.05, 4.69) is 29.1 Å². The van der Waals surface area contributed by atoms with Crippen LogP contribution in [0.25, 0.3) is 11.0 Å². The maximum Gasteiger partial charge on any atom is 0.323 e. The lowest BCUT2D eigenvalue weighted by Crippen LogP contribution is -2.40. The SMILES string of the molecule is CC(Cc1ccc(C(N)=O)cc1)C(C)NCC(O)COc1cccc2[nH]c(=O)[nH]c12. The van der Waals surface area contributed by atoms with Crippen LogP contribution < -0.4 is 21.5 Å². The van der Waals surface area contributed by atoms with Gasteiger partial charge in [-0.25, -0.2) is 4.79 Å². The van der Waals surface area contributed by atoms with Crippen molar-refractivity contribution in [3.05, 3.63) is 64.1 Å². The number of aromatic amines is 2. The molecule has 0 saturated carbocycles. The van der Waals surface area contributed by atoms with E-state index >= 15 is 0 Å². The number of nitrogens with one attached hydrogen (secondary N) is 3. The van der Waals surface area contributed by atoms with Crippen LogP contribution in [-0.2, 0) is 6.42 Å². The predicted molar refractivity (Wildman–Crippen MR) is 116 cm³/mol. The Morgan fingerprint density at radius 2 is 1.90 bits per heavy atom. The average Bonchev–Trinajstić information content (AvgIpc) is 3.11. The zero-order valence-corrected chi connectivity index (χ0v) is 17.1. The lowest BCUT2D eigenvalue weighted by Gasteiger charge is -2.23. The highest BCUT2D eigenvalue weighted by atomic mass is 16.5. The number of nitrogens with two attached hydrogens (primary N) is 1. The van der Waals surface area contributed by atoms with Crippen molar-refractivity contribution in [2.45, 2.75) is 32.4 Å². The topological polar surface area (TPSA) is 133 Å². The molecule has 1 amide bonds. The summed E-state index contributed by atoms with van der Waals surface area (Å²) in [7, 11) is 0. The molecule has 2 aromatic carbocycles. The second-order valence-corrected chi connectivity index (χ2v) is 7.66. The second-order valence-electron chi connectivity index (χ2n) is 7.66. The van der Waals surface area contributed by atoms with Crippen molar-refractivity contribution in [2.24, 2.45) is 11.7 Å². The summed E-state index contributed by atoms with van der Waals surface area (Å²) in [4.78, 5) is 28.0. The Balaban J connectivity index is 1.45. The molecule has 3 atom stereocenters. The van der Waals surface area contributed by atoms with Crippen LogP contribution >= 0.6 is 0 Å². The van der Waals surface area contributed by atoms with Gasteiger partial charge in [0.2, 0.25) is 5.91 Å². The van der Waals surface area contributed by atoms with E-state index in [9.17, 15) is 14.7 Å². The number of aliphatic hydroxyl groups is 1. The molecule has 1 aromatic heterocycles. The number of aliphatic hydroxyl groups excluding tert-OH is 1. The third-order valence-electron chi connectivity index (χ3n) is 5.27. The molecule has 8 heteroatoms. The number of benzene rings is 2. The van der Waals surface area contributed by atoms with Crippen LogP contribution in [0.15, 0.2) is 47.3 Å². The van der Waals surface area contributed by atoms with E-state index in [0.717, 1.165) is 12.0 Å². The molecule has 30 heavy (non-hydrogen) atoms. The molecule has 0 bridgehead atoms. The van der Waals surface area contributed by atoms with Crippen LogP contribution in [0.4, 0.5) is 0 Å². The van der Waals surface area contributed by atoms with Gasteiger partial charge in [-0.3, -0.25) is 4.79 Å². The normalized spacial score (nSPS) is 14.4. The van der Waals surface area contributed by atoms with Crippen molar-refractivity contribution in [1.82, 2.24) is 15.3 Å². The lowest BCUT2D eigenvalue weighted by atomic mass is 9.94. The summed E-state index contributed by atoms with van der Waals surface area (Å²) < 4.78 is 5.70. The molecule has 0 aliphatic heterocycles. The first-order valence-corrected chi connectivity index (χ1v) is 9.97. The molecule has 0 spiro atoms. The Hall–Kier alpha value is -3.10. The van der Waals surface area contributed by atoms with Gasteiger partial charge in [0.15, 0.2) is 0 Å². The zero-order valence-electron chi connectivity index (χ0n) is 17.1. The number of carbonyl (C=O) groups is 1. The summed E-state index contributed by atoms with van der Waals surface area (Å²) in [5.41, 5.74) is 7.85. The average molecular weight is 412 g/mol. The zero-order chi connectivity index (χ0) is 21.7. The fourth-order valence-electron chi connectivity index (χ4n) is 3.27. The van der Waals surface area contributed by atoms with Crippen molar-refractivity contribution in [3.63, 3.8) is 0 Å². The van der Waals surface area contributed by atoms with Crippen molar-refractivity contribution >= 4 is 16.9 Å². The summed E-state index contributed by atoms with van der Waals surface area (Å²) in [6.07, 6.45) is 0.137. The van der Waals surface area contributed by atoms with Crippen LogP contribution in [0.3, 0.4) is 0 Å². The Kier molecular flexibility index (Phi) is 6.91. The van der Waals surface area contributed by atoms with Crippen LogP contribution in [0.5, 0.6) is 5.75 Å². The van der Waals surface area contributed by atoms with Crippen LogP contribution in [0, 0.1) is 5.92 Å². The minimum atomic E-state index is -0.699. The Bertz CT molecular complexity index is 1040. The van der Waals surface area contributed by atoms with E-state index in [1.165, 1.54) is 0 Å². The third-order valence-corrected chi connectivity index (χ3v) is 5.27. The number of hydrogen-bond acceptors (Lipinski definition) is 5. The van der Waals surface area contributed by atoms with Crippen molar-refractivity contribution < 1.29 is 14.6 Å². The fourth-order valence-corrected chi connectivity index (χ4v) is 3.27. The summed E-state index contributed by atoms with van der Waals surface area (Å²) in [5.74, 6) is 0.405. The number of primary amides is 1. The molecule has 1 heterocycles. The highest BCUT2D eigenvalue weighted by Gasteiger charge is 2.15. The number of para-hydroxylation sites is 1. The summed E-state index contributed by atoms with van der Waals surface area (Å²) in [6, 6.07) is 12.8. The first kappa shape index (κ1) is 21.6. The number of amides is 1. The van der Waals surface area contributed by atoms with Gasteiger partial charge in [-0.2, -0.15) is 0 Å². The van der Waals surface area contributed by atoms with Crippen LogP contribution in [0.2, 0.25) is 0 Å². The predicted octanol–water partition coefficient (Wildman–Crippen LogP) is 1.55. The number of hydrogen-bond donors (Lipinski definition) is 5. The molecule has 0 fully saturated rings. The quantitative estimate of drug-likeness (QED) is 0.345. The standard InChI is InChI=1S/C22H28N4O4/c1-13(10-15-6-8-16(9-7-15)21(23)28)14(2)24-11-17(27)12-30-19-5-3-4-18-20(19)26-22(29)25-18/h3-9,13-14,17,24,27H,10-12H2,1-2H3,(H2,23,28)(H2,25,26,29). The summed E-state index contributed by atoms with van der Waals surface area (Å²) in [6.45, 7) is 4.69. The molecule has 0 aliphatic carbocycles. The Morgan fingerprint density at radius 1 is 1.17 bits per heavy atom. The van der Waals surface area contributed by atoms with E-state index in [1.807, 2.05) is 12.1 Å². The Morgan fingerprint density at radius 3 is 2.60 bits per heavy atom. The number of carbonyl (C=O) groups excluding carboxylic acids is 1. The molecule has 160 valence electrons. The van der Waals surface area contributed by atoms with Gasteiger partial charge in [0.25, 0.3) is 0 Å². The Labute approximate surface area is 174 Å². The summed E-state index contributed by atoms with van der Waals surface area (Å²) >= 11 is 0. The molecule has 0 aliphatic rings. The van der Waals surface area contributed by atoms with Crippen molar-refractivity contribution in [1.29, 1.82) is 0 Å². The van der Waals surface area contributed by atoms with Gasteiger partial charge in [-0.05, 0) is 49.1 Å². The largest absolute Gasteiger partial charge is 0.489 e. The van der Waals surface area contributed by atoms with Gasteiger partial charge < -0.3 is 30.9 Å².